The van der Waals surface area contributed by atoms with E-state index in [9.17, 15) is 10.2 Å². The molecule has 0 aliphatic carbocycles. The van der Waals surface area contributed by atoms with Gasteiger partial charge in [-0.05, 0) is 33.8 Å². The number of rotatable bonds is 5. The van der Waals surface area contributed by atoms with E-state index in [0.717, 1.165) is 0 Å². The molecule has 18 heavy (non-hydrogen) atoms. The molecule has 0 aromatic heterocycles. The molecule has 0 spiro atoms. The predicted octanol–water partition coefficient (Wildman–Crippen LogP) is 2.51. The average Bonchev–Trinajstić information content (AvgIpc) is 2.25. The van der Waals surface area contributed by atoms with Gasteiger partial charge >= 0.3 is 0 Å². The number of benzene rings is 1. The van der Waals surface area contributed by atoms with Crippen LogP contribution in [-0.2, 0) is 0 Å². The van der Waals surface area contributed by atoms with Gasteiger partial charge in [0.1, 0.15) is 0 Å². The molecule has 0 saturated heterocycles. The third-order valence-electron chi connectivity index (χ3n) is 3.53. The fraction of sp³-hybridized carbons (Fsp3) is 0.571. The predicted molar refractivity (Wildman–Crippen MR) is 74.8 cm³/mol. The molecule has 0 aliphatic heterocycles. The summed E-state index contributed by atoms with van der Waals surface area (Å²) < 4.78 is 0. The molecule has 1 aromatic carbocycles. The van der Waals surface area contributed by atoms with Crippen LogP contribution in [0.25, 0.3) is 0 Å². The molecule has 0 radical (unpaired) electrons. The first kappa shape index (κ1) is 15.4. The van der Waals surface area contributed by atoms with E-state index in [0.29, 0.717) is 17.1 Å². The van der Waals surface area contributed by atoms with Gasteiger partial charge in [0.2, 0.25) is 0 Å². The molecule has 0 amide bonds. The first-order valence-corrected chi connectivity index (χ1v) is 6.43. The van der Waals surface area contributed by atoms with Gasteiger partial charge in [-0.3, -0.25) is 0 Å². The molecule has 1 aromatic rings. The van der Waals surface area contributed by atoms with Gasteiger partial charge in [0.15, 0.2) is 0 Å². The van der Waals surface area contributed by atoms with E-state index in [1.165, 1.54) is 0 Å². The molecule has 102 valence electrons. The summed E-state index contributed by atoms with van der Waals surface area (Å²) in [6.45, 7) is 7.60. The van der Waals surface area contributed by atoms with Crippen molar-refractivity contribution in [2.24, 2.45) is 0 Å². The summed E-state index contributed by atoms with van der Waals surface area (Å²) in [6, 6.07) is 7.21. The highest BCUT2D eigenvalue weighted by Crippen LogP contribution is 2.24. The van der Waals surface area contributed by atoms with E-state index in [1.807, 2.05) is 26.0 Å². The molecule has 1 atom stereocenters. The molecule has 1 unspecified atom stereocenters. The van der Waals surface area contributed by atoms with Crippen LogP contribution in [0.3, 0.4) is 0 Å². The standard InChI is InChI=1S/C14H22ClNO2/c1-13(2,14(3,4)18)16-9-12(17)10-7-5-6-8-11(10)15/h5-8,12,16-18H,9H2,1-4H3. The molecule has 0 bridgehead atoms. The fourth-order valence-electron chi connectivity index (χ4n) is 1.42. The maximum Gasteiger partial charge on any atom is 0.0928 e. The first-order valence-electron chi connectivity index (χ1n) is 6.05. The molecule has 0 fully saturated rings. The highest BCUT2D eigenvalue weighted by atomic mass is 35.5. The summed E-state index contributed by atoms with van der Waals surface area (Å²) in [5.41, 5.74) is -0.694. The highest BCUT2D eigenvalue weighted by Gasteiger charge is 2.34. The van der Waals surface area contributed by atoms with Crippen molar-refractivity contribution < 1.29 is 10.2 Å². The Bertz CT molecular complexity index is 399. The van der Waals surface area contributed by atoms with Crippen LogP contribution >= 0.6 is 11.6 Å². The number of nitrogens with one attached hydrogen (secondary N) is 1. The van der Waals surface area contributed by atoms with Gasteiger partial charge in [0.05, 0.1) is 11.7 Å². The molecule has 1 rings (SSSR count). The average molecular weight is 272 g/mol. The summed E-state index contributed by atoms with van der Waals surface area (Å²) >= 11 is 6.02. The normalized spacial score (nSPS) is 14.6. The van der Waals surface area contributed by atoms with Crippen LogP contribution in [0.4, 0.5) is 0 Å². The Morgan fingerprint density at radius 3 is 2.28 bits per heavy atom. The number of hydrogen-bond donors (Lipinski definition) is 3. The largest absolute Gasteiger partial charge is 0.389 e. The van der Waals surface area contributed by atoms with Gasteiger partial charge in [-0.15, -0.1) is 0 Å². The maximum atomic E-state index is 10.1. The van der Waals surface area contributed by atoms with Gasteiger partial charge < -0.3 is 15.5 Å². The van der Waals surface area contributed by atoms with E-state index in [2.05, 4.69) is 5.32 Å². The lowest BCUT2D eigenvalue weighted by molar-refractivity contribution is -0.00978. The van der Waals surface area contributed by atoms with Crippen molar-refractivity contribution in [3.8, 4) is 0 Å². The number of halogens is 1. The molecule has 0 aliphatic rings. The van der Waals surface area contributed by atoms with Crippen LogP contribution in [0.2, 0.25) is 5.02 Å². The van der Waals surface area contributed by atoms with Crippen LogP contribution in [0.5, 0.6) is 0 Å². The Labute approximate surface area is 114 Å². The van der Waals surface area contributed by atoms with Crippen LogP contribution < -0.4 is 5.32 Å². The van der Waals surface area contributed by atoms with Crippen LogP contribution in [0.15, 0.2) is 24.3 Å². The van der Waals surface area contributed by atoms with E-state index in [1.54, 1.807) is 26.0 Å². The molecule has 4 heteroatoms. The molecule has 0 saturated carbocycles. The lowest BCUT2D eigenvalue weighted by atomic mass is 9.86. The third kappa shape index (κ3) is 3.69. The smallest absolute Gasteiger partial charge is 0.0928 e. The zero-order valence-electron chi connectivity index (χ0n) is 11.4. The summed E-state index contributed by atoms with van der Waals surface area (Å²) in [6.07, 6.45) is -0.694. The summed E-state index contributed by atoms with van der Waals surface area (Å²) in [5.74, 6) is 0. The minimum atomic E-state index is -0.882. The summed E-state index contributed by atoms with van der Waals surface area (Å²) in [5, 5.41) is 23.8. The lowest BCUT2D eigenvalue weighted by Crippen LogP contribution is -2.56. The second-order valence-corrected chi connectivity index (χ2v) is 6.01. The SMILES string of the molecule is CC(C)(O)C(C)(C)NCC(O)c1ccccc1Cl. The summed E-state index contributed by atoms with van der Waals surface area (Å²) in [7, 11) is 0. The zero-order chi connectivity index (χ0) is 14.0. The topological polar surface area (TPSA) is 52.5 Å². The Balaban J connectivity index is 2.68. The van der Waals surface area contributed by atoms with Gasteiger partial charge in [0.25, 0.3) is 0 Å². The fourth-order valence-corrected chi connectivity index (χ4v) is 1.69. The van der Waals surface area contributed by atoms with Crippen molar-refractivity contribution in [1.82, 2.24) is 5.32 Å². The molecule has 3 N–H and O–H groups in total. The molecule has 0 heterocycles. The number of aliphatic hydroxyl groups is 2. The van der Waals surface area contributed by atoms with E-state index < -0.39 is 17.2 Å². The number of aliphatic hydroxyl groups excluding tert-OH is 1. The highest BCUT2D eigenvalue weighted by molar-refractivity contribution is 6.31. The molecular weight excluding hydrogens is 250 g/mol. The second-order valence-electron chi connectivity index (χ2n) is 5.60. The van der Waals surface area contributed by atoms with Gasteiger partial charge in [-0.1, -0.05) is 29.8 Å². The minimum absolute atomic E-state index is 0.334. The van der Waals surface area contributed by atoms with Gasteiger partial charge in [-0.25, -0.2) is 0 Å². The van der Waals surface area contributed by atoms with Gasteiger partial charge in [0, 0.05) is 22.7 Å². The molecular formula is C14H22ClNO2. The van der Waals surface area contributed by atoms with Gasteiger partial charge in [-0.2, -0.15) is 0 Å². The Morgan fingerprint density at radius 2 is 1.78 bits per heavy atom. The number of hydrogen-bond acceptors (Lipinski definition) is 3. The van der Waals surface area contributed by atoms with Crippen molar-refractivity contribution in [1.29, 1.82) is 0 Å². The monoisotopic (exact) mass is 271 g/mol. The zero-order valence-corrected chi connectivity index (χ0v) is 12.1. The minimum Gasteiger partial charge on any atom is -0.389 e. The van der Waals surface area contributed by atoms with Crippen LogP contribution in [-0.4, -0.2) is 27.9 Å². The Morgan fingerprint density at radius 1 is 1.22 bits per heavy atom. The summed E-state index contributed by atoms with van der Waals surface area (Å²) in [4.78, 5) is 0. The Hall–Kier alpha value is -0.610. The third-order valence-corrected chi connectivity index (χ3v) is 3.88. The maximum absolute atomic E-state index is 10.1. The van der Waals surface area contributed by atoms with Crippen molar-refractivity contribution in [3.63, 3.8) is 0 Å². The van der Waals surface area contributed by atoms with E-state index in [4.69, 9.17) is 11.6 Å². The van der Waals surface area contributed by atoms with Crippen molar-refractivity contribution in [3.05, 3.63) is 34.9 Å². The van der Waals surface area contributed by atoms with Crippen LogP contribution in [0, 0.1) is 0 Å². The Kier molecular flexibility index (Phi) is 4.78. The van der Waals surface area contributed by atoms with E-state index in [-0.39, 0.29) is 0 Å². The van der Waals surface area contributed by atoms with E-state index >= 15 is 0 Å². The molecule has 3 nitrogen and oxygen atoms in total. The van der Waals surface area contributed by atoms with Crippen molar-refractivity contribution in [2.75, 3.05) is 6.54 Å². The first-order chi connectivity index (χ1) is 8.15. The van der Waals surface area contributed by atoms with Crippen LogP contribution in [0.1, 0.15) is 39.4 Å². The quantitative estimate of drug-likeness (QED) is 0.771. The van der Waals surface area contributed by atoms with Crippen molar-refractivity contribution >= 4 is 11.6 Å². The van der Waals surface area contributed by atoms with Crippen molar-refractivity contribution in [2.45, 2.75) is 44.9 Å². The number of β-amino-alcohol motifs (C(OH)–C–C–N with tert-alkyl or cyclic N) is 1. The second kappa shape index (κ2) is 5.57. The lowest BCUT2D eigenvalue weighted by Gasteiger charge is -2.38.